The van der Waals surface area contributed by atoms with E-state index in [1.54, 1.807) is 19.2 Å². The van der Waals surface area contributed by atoms with Crippen molar-refractivity contribution in [1.29, 1.82) is 0 Å². The summed E-state index contributed by atoms with van der Waals surface area (Å²) in [5.74, 6) is 1.13. The minimum Gasteiger partial charge on any atom is -0.493 e. The number of fused-ring (bicyclic) bond motifs is 1. The molecule has 1 aliphatic rings. The number of benzene rings is 2. The number of methoxy groups -OCH3 is 1. The van der Waals surface area contributed by atoms with Crippen molar-refractivity contribution in [2.24, 2.45) is 0 Å². The third kappa shape index (κ3) is 4.96. The molecule has 0 fully saturated rings. The number of nitrogens with zero attached hydrogens (tertiary/aromatic N) is 2. The Labute approximate surface area is 189 Å². The first kappa shape index (κ1) is 21.9. The van der Waals surface area contributed by atoms with Crippen molar-refractivity contribution >= 4 is 5.91 Å². The maximum Gasteiger partial charge on any atom is 0.251 e. The number of rotatable bonds is 9. The van der Waals surface area contributed by atoms with Crippen LogP contribution in [0.25, 0.3) is 0 Å². The molecule has 6 nitrogen and oxygen atoms in total. The molecular formula is C26H31N3O3. The Kier molecular flexibility index (Phi) is 7.10. The summed E-state index contributed by atoms with van der Waals surface area (Å²) in [5.41, 5.74) is 4.11. The van der Waals surface area contributed by atoms with Gasteiger partial charge in [-0.15, -0.1) is 0 Å². The number of carbonyl (C=O) groups is 1. The molecule has 0 spiro atoms. The quantitative estimate of drug-likeness (QED) is 0.486. The summed E-state index contributed by atoms with van der Waals surface area (Å²) >= 11 is 0. The largest absolute Gasteiger partial charge is 0.493 e. The molecule has 1 unspecified atom stereocenters. The molecule has 3 aromatic rings. The topological polar surface area (TPSA) is 65.4 Å². The lowest BCUT2D eigenvalue weighted by Crippen LogP contribution is -2.31. The number of amides is 1. The van der Waals surface area contributed by atoms with E-state index in [0.717, 1.165) is 44.2 Å². The molecule has 0 aliphatic heterocycles. The molecule has 1 amide bonds. The van der Waals surface area contributed by atoms with Gasteiger partial charge >= 0.3 is 0 Å². The second-order valence-corrected chi connectivity index (χ2v) is 8.18. The first-order chi connectivity index (χ1) is 15.7. The second-order valence-electron chi connectivity index (χ2n) is 8.18. The first-order valence-electron chi connectivity index (χ1n) is 11.4. The highest BCUT2D eigenvalue weighted by atomic mass is 16.5. The Balaban J connectivity index is 1.47. The molecule has 1 atom stereocenters. The van der Waals surface area contributed by atoms with Crippen LogP contribution in [0.3, 0.4) is 0 Å². The molecule has 32 heavy (non-hydrogen) atoms. The first-order valence-corrected chi connectivity index (χ1v) is 11.4. The van der Waals surface area contributed by atoms with E-state index in [0.29, 0.717) is 23.7 Å². The van der Waals surface area contributed by atoms with Gasteiger partial charge in [-0.25, -0.2) is 0 Å². The van der Waals surface area contributed by atoms with Gasteiger partial charge in [-0.1, -0.05) is 43.7 Å². The van der Waals surface area contributed by atoms with E-state index in [1.165, 1.54) is 11.3 Å². The van der Waals surface area contributed by atoms with Gasteiger partial charge in [0, 0.05) is 16.8 Å². The number of ether oxygens (including phenoxy) is 2. The molecule has 0 saturated heterocycles. The highest BCUT2D eigenvalue weighted by molar-refractivity contribution is 5.95. The van der Waals surface area contributed by atoms with Gasteiger partial charge in [0.25, 0.3) is 5.91 Å². The molecule has 1 aliphatic carbocycles. The van der Waals surface area contributed by atoms with Gasteiger partial charge in [0.15, 0.2) is 11.5 Å². The number of aromatic nitrogens is 2. The molecule has 2 aromatic carbocycles. The summed E-state index contributed by atoms with van der Waals surface area (Å²) in [6.07, 6.45) is 6.86. The highest BCUT2D eigenvalue weighted by Gasteiger charge is 2.26. The van der Waals surface area contributed by atoms with Crippen LogP contribution in [-0.4, -0.2) is 29.4 Å². The Morgan fingerprint density at radius 3 is 2.81 bits per heavy atom. The van der Waals surface area contributed by atoms with Crippen LogP contribution >= 0.6 is 0 Å². The average Bonchev–Trinajstić information content (AvgIpc) is 3.23. The van der Waals surface area contributed by atoms with Crippen molar-refractivity contribution in [3.05, 3.63) is 77.1 Å². The summed E-state index contributed by atoms with van der Waals surface area (Å²) in [7, 11) is 1.60. The predicted molar refractivity (Wildman–Crippen MR) is 124 cm³/mol. The van der Waals surface area contributed by atoms with Crippen LogP contribution in [-0.2, 0) is 13.0 Å². The Hall–Kier alpha value is -3.28. The van der Waals surface area contributed by atoms with Crippen LogP contribution in [0.1, 0.15) is 65.8 Å². The van der Waals surface area contributed by atoms with E-state index in [9.17, 15) is 4.79 Å². The van der Waals surface area contributed by atoms with Crippen LogP contribution < -0.4 is 14.8 Å². The van der Waals surface area contributed by atoms with Gasteiger partial charge in [-0.2, -0.15) is 5.10 Å². The molecule has 1 N–H and O–H groups in total. The number of nitrogens with one attached hydrogen (secondary N) is 1. The number of hydrogen-bond acceptors (Lipinski definition) is 4. The fourth-order valence-electron chi connectivity index (χ4n) is 4.16. The summed E-state index contributed by atoms with van der Waals surface area (Å²) in [5, 5.41) is 7.83. The van der Waals surface area contributed by atoms with Crippen LogP contribution in [0.15, 0.2) is 54.7 Å². The van der Waals surface area contributed by atoms with Gasteiger partial charge in [0.2, 0.25) is 0 Å². The van der Waals surface area contributed by atoms with Crippen molar-refractivity contribution in [3.63, 3.8) is 0 Å². The molecule has 0 saturated carbocycles. The van der Waals surface area contributed by atoms with Gasteiger partial charge in [-0.05, 0) is 49.4 Å². The number of hydrogen-bond donors (Lipinski definition) is 1. The van der Waals surface area contributed by atoms with Crippen LogP contribution in [0, 0.1) is 0 Å². The van der Waals surface area contributed by atoms with Crippen molar-refractivity contribution < 1.29 is 14.3 Å². The van der Waals surface area contributed by atoms with E-state index in [4.69, 9.17) is 9.47 Å². The van der Waals surface area contributed by atoms with E-state index in [1.807, 2.05) is 30.5 Å². The SMILES string of the molecule is CCCCOc1ccc(C(=O)NC2CCCc3c2cnn3Cc2ccccc2)cc1OC. The lowest BCUT2D eigenvalue weighted by Gasteiger charge is -2.24. The average molecular weight is 434 g/mol. The molecule has 6 heteroatoms. The van der Waals surface area contributed by atoms with Crippen molar-refractivity contribution in [1.82, 2.24) is 15.1 Å². The summed E-state index contributed by atoms with van der Waals surface area (Å²) in [4.78, 5) is 13.0. The minimum absolute atomic E-state index is 0.0396. The number of unbranched alkanes of at least 4 members (excludes halogenated alkanes) is 1. The van der Waals surface area contributed by atoms with Gasteiger partial charge in [-0.3, -0.25) is 9.48 Å². The van der Waals surface area contributed by atoms with E-state index >= 15 is 0 Å². The maximum absolute atomic E-state index is 13.0. The standard InChI is InChI=1S/C26H31N3O3/c1-3-4-15-32-24-14-13-20(16-25(24)31-2)26(30)28-22-11-8-12-23-21(22)17-27-29(23)18-19-9-6-5-7-10-19/h5-7,9-10,13-14,16-17,22H,3-4,8,11-12,15,18H2,1-2H3,(H,28,30). The minimum atomic E-state index is -0.114. The van der Waals surface area contributed by atoms with E-state index in [-0.39, 0.29) is 11.9 Å². The molecular weight excluding hydrogens is 402 g/mol. The van der Waals surface area contributed by atoms with Crippen LogP contribution in [0.2, 0.25) is 0 Å². The monoisotopic (exact) mass is 433 g/mol. The highest BCUT2D eigenvalue weighted by Crippen LogP contribution is 2.32. The fraction of sp³-hybridized carbons (Fsp3) is 0.385. The Bertz CT molecular complexity index is 1050. The predicted octanol–water partition coefficient (Wildman–Crippen LogP) is 4.93. The fourth-order valence-corrected chi connectivity index (χ4v) is 4.16. The van der Waals surface area contributed by atoms with E-state index in [2.05, 4.69) is 34.2 Å². The molecule has 4 rings (SSSR count). The van der Waals surface area contributed by atoms with Crippen molar-refractivity contribution in [2.75, 3.05) is 13.7 Å². The Morgan fingerprint density at radius 2 is 2.03 bits per heavy atom. The maximum atomic E-state index is 13.0. The summed E-state index contributed by atoms with van der Waals surface area (Å²) in [6.45, 7) is 3.50. The lowest BCUT2D eigenvalue weighted by atomic mass is 9.92. The smallest absolute Gasteiger partial charge is 0.251 e. The van der Waals surface area contributed by atoms with Gasteiger partial charge < -0.3 is 14.8 Å². The molecule has 0 radical (unpaired) electrons. The van der Waals surface area contributed by atoms with Crippen molar-refractivity contribution in [2.45, 2.75) is 51.6 Å². The summed E-state index contributed by atoms with van der Waals surface area (Å²) in [6, 6.07) is 15.6. The molecule has 1 heterocycles. The normalized spacial score (nSPS) is 15.1. The zero-order valence-electron chi connectivity index (χ0n) is 18.8. The van der Waals surface area contributed by atoms with Crippen molar-refractivity contribution in [3.8, 4) is 11.5 Å². The lowest BCUT2D eigenvalue weighted by molar-refractivity contribution is 0.0932. The van der Waals surface area contributed by atoms with E-state index < -0.39 is 0 Å². The zero-order valence-corrected chi connectivity index (χ0v) is 18.8. The number of carbonyl (C=O) groups excluding carboxylic acids is 1. The van der Waals surface area contributed by atoms with Crippen LogP contribution in [0.5, 0.6) is 11.5 Å². The van der Waals surface area contributed by atoms with Crippen LogP contribution in [0.4, 0.5) is 0 Å². The third-order valence-electron chi connectivity index (χ3n) is 5.92. The third-order valence-corrected chi connectivity index (χ3v) is 5.92. The summed E-state index contributed by atoms with van der Waals surface area (Å²) < 4.78 is 13.3. The Morgan fingerprint density at radius 1 is 1.19 bits per heavy atom. The van der Waals surface area contributed by atoms with Gasteiger partial charge in [0.1, 0.15) is 0 Å². The molecule has 168 valence electrons. The molecule has 1 aromatic heterocycles. The van der Waals surface area contributed by atoms with Gasteiger partial charge in [0.05, 0.1) is 32.5 Å². The second kappa shape index (κ2) is 10.4. The zero-order chi connectivity index (χ0) is 22.3. The molecule has 0 bridgehead atoms.